The second kappa shape index (κ2) is 7.56. The van der Waals surface area contributed by atoms with E-state index in [0.29, 0.717) is 6.54 Å². The number of ether oxygens (including phenoxy) is 1. The fourth-order valence-electron chi connectivity index (χ4n) is 2.50. The number of benzene rings is 1. The molecule has 0 heterocycles. The molecule has 0 aliphatic heterocycles. The first-order chi connectivity index (χ1) is 10.1. The minimum absolute atomic E-state index is 0.153. The topological polar surface area (TPSA) is 67.4 Å². The number of amides is 2. The standard InChI is InChI=1S/C15H22N2O3S/c1-20-13-6-5-12(9-13)17-15(18)16-10-11-3-7-14(8-4-11)21(2)19/h3-4,7-8,12-13H,5-6,9-10H2,1-2H3,(H2,16,17,18)/t12-,13+,21+/m0/s1. The monoisotopic (exact) mass is 310 g/mol. The van der Waals surface area contributed by atoms with Gasteiger partial charge in [-0.05, 0) is 37.0 Å². The third-order valence-electron chi connectivity index (χ3n) is 3.76. The van der Waals surface area contributed by atoms with Gasteiger partial charge in [0, 0.05) is 41.6 Å². The maximum atomic E-state index is 11.8. The van der Waals surface area contributed by atoms with Gasteiger partial charge in [0.05, 0.1) is 6.10 Å². The molecule has 0 spiro atoms. The summed E-state index contributed by atoms with van der Waals surface area (Å²) in [6.07, 6.45) is 4.74. The molecular weight excluding hydrogens is 288 g/mol. The summed E-state index contributed by atoms with van der Waals surface area (Å²) in [5.74, 6) is 0. The number of rotatable bonds is 5. The van der Waals surface area contributed by atoms with Gasteiger partial charge in [0.15, 0.2) is 0 Å². The van der Waals surface area contributed by atoms with E-state index in [1.165, 1.54) is 0 Å². The predicted molar refractivity (Wildman–Crippen MR) is 82.6 cm³/mol. The van der Waals surface area contributed by atoms with Crippen LogP contribution in [0, 0.1) is 0 Å². The number of hydrogen-bond acceptors (Lipinski definition) is 3. The van der Waals surface area contributed by atoms with Crippen LogP contribution in [0.25, 0.3) is 0 Å². The van der Waals surface area contributed by atoms with E-state index in [2.05, 4.69) is 10.6 Å². The zero-order valence-corrected chi connectivity index (χ0v) is 13.2. The summed E-state index contributed by atoms with van der Waals surface area (Å²) in [5, 5.41) is 5.81. The first kappa shape index (κ1) is 16.0. The van der Waals surface area contributed by atoms with E-state index in [9.17, 15) is 9.00 Å². The van der Waals surface area contributed by atoms with Crippen molar-refractivity contribution >= 4 is 16.8 Å². The van der Waals surface area contributed by atoms with Crippen LogP contribution in [-0.2, 0) is 22.1 Å². The summed E-state index contributed by atoms with van der Waals surface area (Å²) in [4.78, 5) is 12.6. The van der Waals surface area contributed by atoms with Gasteiger partial charge in [-0.1, -0.05) is 12.1 Å². The van der Waals surface area contributed by atoms with Crippen molar-refractivity contribution in [1.82, 2.24) is 10.6 Å². The van der Waals surface area contributed by atoms with Crippen LogP contribution < -0.4 is 10.6 Å². The fourth-order valence-corrected chi connectivity index (χ4v) is 3.02. The molecule has 0 radical (unpaired) electrons. The van der Waals surface area contributed by atoms with Crippen molar-refractivity contribution in [3.8, 4) is 0 Å². The molecule has 0 unspecified atom stereocenters. The molecule has 21 heavy (non-hydrogen) atoms. The van der Waals surface area contributed by atoms with Gasteiger partial charge in [0.1, 0.15) is 0 Å². The Hall–Kier alpha value is -1.40. The molecule has 1 aromatic rings. The lowest BCUT2D eigenvalue weighted by atomic mass is 10.2. The number of carbonyl (C=O) groups is 1. The molecule has 116 valence electrons. The van der Waals surface area contributed by atoms with E-state index in [4.69, 9.17) is 4.74 Å². The van der Waals surface area contributed by atoms with Crippen molar-refractivity contribution < 1.29 is 13.7 Å². The van der Waals surface area contributed by atoms with E-state index in [1.807, 2.05) is 24.3 Å². The van der Waals surface area contributed by atoms with Crippen LogP contribution in [0.2, 0.25) is 0 Å². The third kappa shape index (κ3) is 4.82. The van der Waals surface area contributed by atoms with Crippen molar-refractivity contribution in [2.75, 3.05) is 13.4 Å². The predicted octanol–water partition coefficient (Wildman–Crippen LogP) is 1.79. The average Bonchev–Trinajstić information content (AvgIpc) is 2.93. The molecule has 1 saturated carbocycles. The molecule has 2 N–H and O–H groups in total. The zero-order valence-electron chi connectivity index (χ0n) is 12.4. The lowest BCUT2D eigenvalue weighted by molar-refractivity contribution is 0.107. The summed E-state index contributed by atoms with van der Waals surface area (Å²) in [7, 11) is 0.739. The number of urea groups is 1. The Balaban J connectivity index is 1.75. The molecular formula is C15H22N2O3S. The highest BCUT2D eigenvalue weighted by atomic mass is 32.2. The molecule has 1 aliphatic rings. The van der Waals surface area contributed by atoms with Crippen LogP contribution >= 0.6 is 0 Å². The largest absolute Gasteiger partial charge is 0.381 e. The highest BCUT2D eigenvalue weighted by Gasteiger charge is 2.25. The minimum Gasteiger partial charge on any atom is -0.381 e. The lowest BCUT2D eigenvalue weighted by Crippen LogP contribution is -2.40. The van der Waals surface area contributed by atoms with Crippen molar-refractivity contribution in [2.24, 2.45) is 0 Å². The van der Waals surface area contributed by atoms with Gasteiger partial charge in [-0.15, -0.1) is 0 Å². The van der Waals surface area contributed by atoms with Gasteiger partial charge in [0.2, 0.25) is 0 Å². The highest BCUT2D eigenvalue weighted by Crippen LogP contribution is 2.21. The van der Waals surface area contributed by atoms with Crippen molar-refractivity contribution in [2.45, 2.75) is 42.8 Å². The van der Waals surface area contributed by atoms with Crippen molar-refractivity contribution in [3.63, 3.8) is 0 Å². The first-order valence-electron chi connectivity index (χ1n) is 7.08. The van der Waals surface area contributed by atoms with E-state index < -0.39 is 10.8 Å². The van der Waals surface area contributed by atoms with E-state index in [1.54, 1.807) is 13.4 Å². The summed E-state index contributed by atoms with van der Waals surface area (Å²) in [6.45, 7) is 0.461. The van der Waals surface area contributed by atoms with Gasteiger partial charge in [-0.2, -0.15) is 0 Å². The molecule has 2 amide bonds. The smallest absolute Gasteiger partial charge is 0.315 e. The molecule has 6 heteroatoms. The number of carbonyl (C=O) groups excluding carboxylic acids is 1. The fraction of sp³-hybridized carbons (Fsp3) is 0.533. The maximum Gasteiger partial charge on any atom is 0.315 e. The molecule has 0 saturated heterocycles. The van der Waals surface area contributed by atoms with Gasteiger partial charge >= 0.3 is 6.03 Å². The van der Waals surface area contributed by atoms with Gasteiger partial charge in [-0.3, -0.25) is 4.21 Å². The number of hydrogen-bond donors (Lipinski definition) is 2. The first-order valence-corrected chi connectivity index (χ1v) is 8.64. The average molecular weight is 310 g/mol. The van der Waals surface area contributed by atoms with Crippen LogP contribution in [0.1, 0.15) is 24.8 Å². The summed E-state index contributed by atoms with van der Waals surface area (Å²) < 4.78 is 16.6. The highest BCUT2D eigenvalue weighted by molar-refractivity contribution is 7.84. The minimum atomic E-state index is -0.969. The molecule has 1 fully saturated rings. The Bertz CT molecular complexity index is 504. The Morgan fingerprint density at radius 1 is 1.33 bits per heavy atom. The van der Waals surface area contributed by atoms with Crippen molar-refractivity contribution in [3.05, 3.63) is 29.8 Å². The maximum absolute atomic E-state index is 11.8. The Kier molecular flexibility index (Phi) is 5.76. The van der Waals surface area contributed by atoms with Gasteiger partial charge in [-0.25, -0.2) is 4.79 Å². The molecule has 1 aromatic carbocycles. The Morgan fingerprint density at radius 2 is 2.05 bits per heavy atom. The molecule has 5 nitrogen and oxygen atoms in total. The Labute approximate surface area is 127 Å². The second-order valence-corrected chi connectivity index (χ2v) is 6.67. The molecule has 2 rings (SSSR count). The van der Waals surface area contributed by atoms with Crippen LogP contribution in [0.5, 0.6) is 0 Å². The quantitative estimate of drug-likeness (QED) is 0.871. The van der Waals surface area contributed by atoms with Crippen LogP contribution in [0.3, 0.4) is 0 Å². The normalized spacial score (nSPS) is 22.8. The second-order valence-electron chi connectivity index (χ2n) is 5.29. The van der Waals surface area contributed by atoms with Gasteiger partial charge in [0.25, 0.3) is 0 Å². The van der Waals surface area contributed by atoms with E-state index in [0.717, 1.165) is 29.7 Å². The number of nitrogens with one attached hydrogen (secondary N) is 2. The summed E-state index contributed by atoms with van der Waals surface area (Å²) in [6, 6.07) is 7.46. The van der Waals surface area contributed by atoms with Crippen LogP contribution in [0.15, 0.2) is 29.2 Å². The van der Waals surface area contributed by atoms with Crippen molar-refractivity contribution in [1.29, 1.82) is 0 Å². The molecule has 0 bridgehead atoms. The van der Waals surface area contributed by atoms with E-state index in [-0.39, 0.29) is 18.2 Å². The summed E-state index contributed by atoms with van der Waals surface area (Å²) in [5.41, 5.74) is 0.987. The molecule has 1 aliphatic carbocycles. The molecule has 0 aromatic heterocycles. The Morgan fingerprint density at radius 3 is 2.62 bits per heavy atom. The van der Waals surface area contributed by atoms with E-state index >= 15 is 0 Å². The molecule has 3 atom stereocenters. The SMILES string of the molecule is CO[C@@H]1CC[C@H](NC(=O)NCc2ccc([S@@](C)=O)cc2)C1. The van der Waals surface area contributed by atoms with Gasteiger partial charge < -0.3 is 15.4 Å². The lowest BCUT2D eigenvalue weighted by Gasteiger charge is -2.14. The number of methoxy groups -OCH3 is 1. The third-order valence-corrected chi connectivity index (χ3v) is 4.70. The zero-order chi connectivity index (χ0) is 15.2. The summed E-state index contributed by atoms with van der Waals surface area (Å²) >= 11 is 0. The van der Waals surface area contributed by atoms with Crippen LogP contribution in [0.4, 0.5) is 4.79 Å². The van der Waals surface area contributed by atoms with Crippen LogP contribution in [-0.4, -0.2) is 35.8 Å².